The van der Waals surface area contributed by atoms with Gasteiger partial charge in [-0.05, 0) is 19.3 Å². The number of hydrogen-bond donors (Lipinski definition) is 0. The smallest absolute Gasteiger partial charge is 0.174 e. The molecule has 0 N–H and O–H groups in total. The number of nitrogens with zero attached hydrogens (tertiary/aromatic N) is 1. The van der Waals surface area contributed by atoms with Crippen LogP contribution in [-0.2, 0) is 0 Å². The Hall–Kier alpha value is -0.700. The molecule has 3 heteroatoms. The van der Waals surface area contributed by atoms with Crippen molar-refractivity contribution in [3.63, 3.8) is 0 Å². The molecule has 0 unspecified atom stereocenters. The molecule has 0 saturated heterocycles. The van der Waals surface area contributed by atoms with E-state index in [1.807, 2.05) is 6.92 Å². The van der Waals surface area contributed by atoms with Crippen molar-refractivity contribution in [2.75, 3.05) is 0 Å². The maximum Gasteiger partial charge on any atom is 0.174 e. The summed E-state index contributed by atoms with van der Waals surface area (Å²) in [5, 5.41) is 0. The van der Waals surface area contributed by atoms with Crippen molar-refractivity contribution in [3.8, 4) is 0 Å². The fourth-order valence-electron chi connectivity index (χ4n) is 1.42. The van der Waals surface area contributed by atoms with Crippen molar-refractivity contribution in [1.29, 1.82) is 0 Å². The average Bonchev–Trinajstić information content (AvgIpc) is 2.84. The normalized spacial score (nSPS) is 16.1. The molecule has 0 bridgehead atoms. The zero-order valence-corrected chi connectivity index (χ0v) is 8.56. The number of rotatable bonds is 4. The van der Waals surface area contributed by atoms with Gasteiger partial charge in [-0.3, -0.25) is 4.79 Å². The Labute approximate surface area is 82.0 Å². The first-order chi connectivity index (χ1) is 6.27. The van der Waals surface area contributed by atoms with E-state index in [0.29, 0.717) is 6.42 Å². The van der Waals surface area contributed by atoms with E-state index in [0.717, 1.165) is 22.9 Å². The van der Waals surface area contributed by atoms with Crippen molar-refractivity contribution in [2.24, 2.45) is 5.92 Å². The first kappa shape index (κ1) is 8.88. The number of carbonyl (C=O) groups is 1. The lowest BCUT2D eigenvalue weighted by atomic mass is 10.1. The minimum absolute atomic E-state index is 0.284. The van der Waals surface area contributed by atoms with Crippen LogP contribution in [-0.4, -0.2) is 10.8 Å². The van der Waals surface area contributed by atoms with Crippen LogP contribution in [0.25, 0.3) is 0 Å². The van der Waals surface area contributed by atoms with E-state index in [2.05, 4.69) is 4.98 Å². The molecule has 1 aromatic rings. The molecule has 1 heterocycles. The highest BCUT2D eigenvalue weighted by Crippen LogP contribution is 2.34. The summed E-state index contributed by atoms with van der Waals surface area (Å²) in [7, 11) is 0. The first-order valence-corrected chi connectivity index (χ1v) is 5.58. The van der Waals surface area contributed by atoms with Gasteiger partial charge in [0.25, 0.3) is 0 Å². The SMILES string of the molecule is Cc1ncsc1C(=O)CCC1CC1. The van der Waals surface area contributed by atoms with Crippen LogP contribution in [0.1, 0.15) is 41.0 Å². The molecular formula is C10H13NOS. The lowest BCUT2D eigenvalue weighted by molar-refractivity contribution is 0.0981. The molecule has 2 rings (SSSR count). The third-order valence-corrected chi connectivity index (χ3v) is 3.44. The molecule has 13 heavy (non-hydrogen) atoms. The van der Waals surface area contributed by atoms with Gasteiger partial charge in [0, 0.05) is 6.42 Å². The number of carbonyl (C=O) groups excluding carboxylic acids is 1. The monoisotopic (exact) mass is 195 g/mol. The van der Waals surface area contributed by atoms with Crippen LogP contribution in [0.2, 0.25) is 0 Å². The third-order valence-electron chi connectivity index (χ3n) is 2.48. The van der Waals surface area contributed by atoms with E-state index in [-0.39, 0.29) is 5.78 Å². The maximum absolute atomic E-state index is 11.6. The average molecular weight is 195 g/mol. The number of aryl methyl sites for hydroxylation is 1. The predicted octanol–water partition coefficient (Wildman–Crippen LogP) is 2.82. The van der Waals surface area contributed by atoms with Crippen molar-refractivity contribution in [3.05, 3.63) is 16.1 Å². The molecule has 0 aromatic carbocycles. The molecule has 0 spiro atoms. The van der Waals surface area contributed by atoms with Gasteiger partial charge in [-0.15, -0.1) is 11.3 Å². The van der Waals surface area contributed by atoms with Gasteiger partial charge in [0.2, 0.25) is 0 Å². The topological polar surface area (TPSA) is 30.0 Å². The van der Waals surface area contributed by atoms with Gasteiger partial charge in [0.05, 0.1) is 16.1 Å². The number of Topliss-reactive ketones (excluding diaryl/α,β-unsaturated/α-hetero) is 1. The van der Waals surface area contributed by atoms with Gasteiger partial charge in [-0.2, -0.15) is 0 Å². The van der Waals surface area contributed by atoms with Gasteiger partial charge in [-0.1, -0.05) is 12.8 Å². The van der Waals surface area contributed by atoms with Gasteiger partial charge in [0.15, 0.2) is 5.78 Å². The summed E-state index contributed by atoms with van der Waals surface area (Å²) in [6.07, 6.45) is 4.45. The Morgan fingerprint density at radius 1 is 1.69 bits per heavy atom. The Morgan fingerprint density at radius 2 is 2.46 bits per heavy atom. The highest BCUT2D eigenvalue weighted by atomic mass is 32.1. The van der Waals surface area contributed by atoms with Crippen molar-refractivity contribution >= 4 is 17.1 Å². The summed E-state index contributed by atoms with van der Waals surface area (Å²) in [6, 6.07) is 0. The largest absolute Gasteiger partial charge is 0.293 e. The summed E-state index contributed by atoms with van der Waals surface area (Å²) in [5.41, 5.74) is 2.64. The van der Waals surface area contributed by atoms with Crippen molar-refractivity contribution in [2.45, 2.75) is 32.6 Å². The molecule has 2 nitrogen and oxygen atoms in total. The number of aromatic nitrogens is 1. The molecule has 0 atom stereocenters. The van der Waals surface area contributed by atoms with Gasteiger partial charge < -0.3 is 0 Å². The van der Waals surface area contributed by atoms with Crippen LogP contribution < -0.4 is 0 Å². The van der Waals surface area contributed by atoms with Crippen molar-refractivity contribution in [1.82, 2.24) is 4.98 Å². The molecule has 1 fully saturated rings. The standard InChI is InChI=1S/C10H13NOS/c1-7-10(13-6-11-7)9(12)5-4-8-2-3-8/h6,8H,2-5H2,1H3. The van der Waals surface area contributed by atoms with Crippen LogP contribution >= 0.6 is 11.3 Å². The number of thiazole rings is 1. The van der Waals surface area contributed by atoms with E-state index in [1.165, 1.54) is 24.2 Å². The van der Waals surface area contributed by atoms with Gasteiger partial charge in [0.1, 0.15) is 0 Å². The highest BCUT2D eigenvalue weighted by molar-refractivity contribution is 7.11. The van der Waals surface area contributed by atoms with E-state index >= 15 is 0 Å². The Bertz CT molecular complexity index is 314. The van der Waals surface area contributed by atoms with Crippen LogP contribution in [0.5, 0.6) is 0 Å². The number of hydrogen-bond acceptors (Lipinski definition) is 3. The first-order valence-electron chi connectivity index (χ1n) is 4.70. The third kappa shape index (κ3) is 2.15. The quantitative estimate of drug-likeness (QED) is 0.691. The predicted molar refractivity (Wildman–Crippen MR) is 53.1 cm³/mol. The van der Waals surface area contributed by atoms with Crippen molar-refractivity contribution < 1.29 is 4.79 Å². The minimum atomic E-state index is 0.284. The molecule has 0 radical (unpaired) electrons. The Morgan fingerprint density at radius 3 is 3.00 bits per heavy atom. The number of ketones is 1. The second-order valence-electron chi connectivity index (χ2n) is 3.67. The van der Waals surface area contributed by atoms with E-state index in [4.69, 9.17) is 0 Å². The Kier molecular flexibility index (Phi) is 2.44. The van der Waals surface area contributed by atoms with Gasteiger partial charge in [-0.25, -0.2) is 4.98 Å². The second-order valence-corrected chi connectivity index (χ2v) is 4.53. The van der Waals surface area contributed by atoms with E-state index in [1.54, 1.807) is 5.51 Å². The highest BCUT2D eigenvalue weighted by Gasteiger charge is 2.22. The zero-order valence-electron chi connectivity index (χ0n) is 7.75. The molecule has 0 amide bonds. The van der Waals surface area contributed by atoms with Gasteiger partial charge >= 0.3 is 0 Å². The fourth-order valence-corrected chi connectivity index (χ4v) is 2.20. The summed E-state index contributed by atoms with van der Waals surface area (Å²) in [5.74, 6) is 1.13. The lowest BCUT2D eigenvalue weighted by Crippen LogP contribution is -1.98. The maximum atomic E-state index is 11.6. The van der Waals surface area contributed by atoms with Crippen LogP contribution in [0, 0.1) is 12.8 Å². The summed E-state index contributed by atoms with van der Waals surface area (Å²) in [6.45, 7) is 1.90. The fraction of sp³-hybridized carbons (Fsp3) is 0.600. The molecule has 70 valence electrons. The summed E-state index contributed by atoms with van der Waals surface area (Å²) >= 11 is 1.47. The minimum Gasteiger partial charge on any atom is -0.293 e. The lowest BCUT2D eigenvalue weighted by Gasteiger charge is -1.96. The van der Waals surface area contributed by atoms with Crippen LogP contribution in [0.15, 0.2) is 5.51 Å². The second kappa shape index (κ2) is 3.58. The molecule has 1 aliphatic carbocycles. The summed E-state index contributed by atoms with van der Waals surface area (Å²) < 4.78 is 0. The van der Waals surface area contributed by atoms with Crippen LogP contribution in [0.4, 0.5) is 0 Å². The molecule has 0 aliphatic heterocycles. The zero-order chi connectivity index (χ0) is 9.26. The van der Waals surface area contributed by atoms with E-state index < -0.39 is 0 Å². The molecule has 1 aliphatic rings. The molecule has 1 aromatic heterocycles. The molecular weight excluding hydrogens is 182 g/mol. The Balaban J connectivity index is 1.92. The summed E-state index contributed by atoms with van der Waals surface area (Å²) in [4.78, 5) is 16.6. The molecule has 1 saturated carbocycles. The van der Waals surface area contributed by atoms with E-state index in [9.17, 15) is 4.79 Å². The van der Waals surface area contributed by atoms with Crippen LogP contribution in [0.3, 0.4) is 0 Å².